The second-order valence-electron chi connectivity index (χ2n) is 1.47. The minimum Gasteiger partial charge on any atom is -1.00 e. The van der Waals surface area contributed by atoms with Gasteiger partial charge in [0.05, 0.1) is 0 Å². The van der Waals surface area contributed by atoms with E-state index in [1.165, 1.54) is 5.57 Å². The van der Waals surface area contributed by atoms with Crippen molar-refractivity contribution in [3.05, 3.63) is 23.8 Å². The Labute approximate surface area is 90.0 Å². The number of halogens is 1. The third-order valence-corrected chi connectivity index (χ3v) is 0.867. The minimum absolute atomic E-state index is 0. The van der Waals surface area contributed by atoms with Crippen LogP contribution >= 0.6 is 0 Å². The van der Waals surface area contributed by atoms with E-state index in [2.05, 4.69) is 25.2 Å². The van der Waals surface area contributed by atoms with Crippen molar-refractivity contribution in [2.24, 2.45) is 0 Å². The monoisotopic (exact) mass is 230 g/mol. The van der Waals surface area contributed by atoms with Crippen LogP contribution in [-0.2, 0) is 26.7 Å². The summed E-state index contributed by atoms with van der Waals surface area (Å²) in [7, 11) is 0. The second kappa shape index (κ2) is 22.4. The summed E-state index contributed by atoms with van der Waals surface area (Å²) >= 11 is 0. The molecule has 1 aliphatic carbocycles. The van der Waals surface area contributed by atoms with Gasteiger partial charge in [-0.15, -0.1) is 6.42 Å². The van der Waals surface area contributed by atoms with Gasteiger partial charge >= 0.3 is 17.1 Å². The fourth-order valence-corrected chi connectivity index (χ4v) is 0.515. The van der Waals surface area contributed by atoms with Crippen LogP contribution in [0.4, 0.5) is 0 Å². The van der Waals surface area contributed by atoms with Gasteiger partial charge in [-0.3, -0.25) is 6.08 Å². The molecule has 1 aliphatic rings. The molecule has 0 amide bonds. The summed E-state index contributed by atoms with van der Waals surface area (Å²) in [6.45, 7) is 6.06. The summed E-state index contributed by atoms with van der Waals surface area (Å²) in [6.07, 6.45) is 8.33. The van der Waals surface area contributed by atoms with Crippen molar-refractivity contribution in [2.45, 2.75) is 13.3 Å². The van der Waals surface area contributed by atoms with Gasteiger partial charge in [-0.2, -0.15) is 6.08 Å². The van der Waals surface area contributed by atoms with Crippen molar-refractivity contribution in [1.82, 2.24) is 0 Å². The molecule has 0 saturated heterocycles. The van der Waals surface area contributed by atoms with Crippen LogP contribution in [0.2, 0.25) is 0 Å². The molecule has 0 atom stereocenters. The van der Waals surface area contributed by atoms with Gasteiger partial charge < -0.3 is 22.0 Å². The number of carbonyl (C=O) groups is 2. The van der Waals surface area contributed by atoms with Crippen LogP contribution in [0.25, 0.3) is 0 Å². The Morgan fingerprint density at radius 2 is 1.75 bits per heavy atom. The average molecular weight is 230 g/mol. The van der Waals surface area contributed by atoms with Gasteiger partial charge in [0.2, 0.25) is 0 Å². The number of hydrogen-bond acceptors (Lipinski definition) is 2. The van der Waals surface area contributed by atoms with Crippen LogP contribution in [-0.4, -0.2) is 13.6 Å². The molecule has 0 aromatic carbocycles. The summed E-state index contributed by atoms with van der Waals surface area (Å²) in [5.41, 5.74) is 1.27. The van der Waals surface area contributed by atoms with Gasteiger partial charge in [-0.05, 0) is 0 Å². The summed E-state index contributed by atoms with van der Waals surface area (Å²) in [5.74, 6) is 0. The van der Waals surface area contributed by atoms with Gasteiger partial charge in [-0.25, -0.2) is 11.6 Å². The Bertz CT molecular complexity index is 130. The molecule has 0 fully saturated rings. The van der Waals surface area contributed by atoms with Crippen LogP contribution in [0.15, 0.2) is 17.7 Å². The zero-order chi connectivity index (χ0) is 8.41. The molecule has 70 valence electrons. The summed E-state index contributed by atoms with van der Waals surface area (Å²) in [5, 5.41) is 0. The van der Waals surface area contributed by atoms with E-state index in [0.29, 0.717) is 0 Å². The summed E-state index contributed by atoms with van der Waals surface area (Å²) in [4.78, 5) is 16.0. The van der Waals surface area contributed by atoms with Gasteiger partial charge in [0.25, 0.3) is 0 Å². The van der Waals surface area contributed by atoms with E-state index in [1.807, 2.05) is 13.6 Å². The van der Waals surface area contributed by atoms with E-state index >= 15 is 0 Å². The Hall–Kier alpha value is -0.371. The topological polar surface area (TPSA) is 34.1 Å². The van der Waals surface area contributed by atoms with Crippen molar-refractivity contribution in [1.29, 1.82) is 0 Å². The fraction of sp³-hybridized carbons (Fsp3) is 0.250. The van der Waals surface area contributed by atoms with Crippen LogP contribution in [0, 0.1) is 6.08 Å². The Morgan fingerprint density at radius 1 is 1.33 bits per heavy atom. The fourth-order valence-electron chi connectivity index (χ4n) is 0.515. The molecule has 0 aromatic rings. The van der Waals surface area contributed by atoms with Crippen molar-refractivity contribution < 1.29 is 39.1 Å². The number of allylic oxidation sites excluding steroid dienone is 4. The molecule has 4 heteroatoms. The smallest absolute Gasteiger partial charge is 1.00 e. The van der Waals surface area contributed by atoms with Crippen molar-refractivity contribution in [3.63, 3.8) is 0 Å². The minimum atomic E-state index is 0. The van der Waals surface area contributed by atoms with Gasteiger partial charge in [-0.1, -0.05) is 6.92 Å². The number of carbonyl (C=O) groups excluding carboxylic acids is 2. The SMILES string of the molecule is C=O.C=O.CC1=[C-]CC=C1.[Cl-].[Fe+2]. The largest absolute Gasteiger partial charge is 2.00 e. The molecule has 0 N–H and O–H groups in total. The first-order chi connectivity index (χ1) is 4.89. The quantitative estimate of drug-likeness (QED) is 0.368. The Morgan fingerprint density at radius 3 is 1.83 bits per heavy atom. The van der Waals surface area contributed by atoms with Crippen LogP contribution in [0.5, 0.6) is 0 Å². The predicted octanol–water partition coefficient (Wildman–Crippen LogP) is -1.67. The first-order valence-electron chi connectivity index (χ1n) is 2.71. The van der Waals surface area contributed by atoms with E-state index in [9.17, 15) is 0 Å². The number of rotatable bonds is 0. The van der Waals surface area contributed by atoms with E-state index in [-0.39, 0.29) is 29.5 Å². The molecule has 0 spiro atoms. The first kappa shape index (κ1) is 22.6. The molecule has 0 aromatic heterocycles. The maximum atomic E-state index is 8.00. The van der Waals surface area contributed by atoms with Crippen molar-refractivity contribution in [2.75, 3.05) is 0 Å². The maximum Gasteiger partial charge on any atom is 2.00 e. The third-order valence-electron chi connectivity index (χ3n) is 0.867. The van der Waals surface area contributed by atoms with E-state index in [1.54, 1.807) is 0 Å². The zero-order valence-corrected chi connectivity index (χ0v) is 8.68. The molecule has 1 rings (SSSR count). The molecular weight excluding hydrogens is 219 g/mol. The maximum absolute atomic E-state index is 8.00. The molecule has 0 bridgehead atoms. The average Bonchev–Trinajstić information content (AvgIpc) is 2.48. The molecule has 0 heterocycles. The molecule has 0 aliphatic heterocycles. The Kier molecular flexibility index (Phi) is 42.2. The standard InChI is InChI=1S/C6H7.2CH2O.ClH.Fe/c1-6-4-2-3-5-6;2*1-2;;/h2,4H,3H2,1H3;2*1H2;1H;/q-1;;;;+2/p-1. The first-order valence-corrected chi connectivity index (χ1v) is 2.71. The molecular formula is C8H11ClFeO2. The van der Waals surface area contributed by atoms with Crippen molar-refractivity contribution >= 4 is 13.6 Å². The van der Waals surface area contributed by atoms with Gasteiger partial charge in [0, 0.05) is 0 Å². The van der Waals surface area contributed by atoms with Gasteiger partial charge in [0.1, 0.15) is 13.6 Å². The molecule has 0 radical (unpaired) electrons. The van der Waals surface area contributed by atoms with Crippen molar-refractivity contribution in [3.8, 4) is 0 Å². The zero-order valence-electron chi connectivity index (χ0n) is 6.82. The van der Waals surface area contributed by atoms with Crippen LogP contribution in [0.1, 0.15) is 13.3 Å². The third kappa shape index (κ3) is 16.3. The number of hydrogen-bond donors (Lipinski definition) is 0. The van der Waals surface area contributed by atoms with Gasteiger partial charge in [0.15, 0.2) is 0 Å². The summed E-state index contributed by atoms with van der Waals surface area (Å²) < 4.78 is 0. The predicted molar refractivity (Wildman–Crippen MR) is 40.4 cm³/mol. The molecule has 2 nitrogen and oxygen atoms in total. The molecule has 0 saturated carbocycles. The molecule has 12 heavy (non-hydrogen) atoms. The summed E-state index contributed by atoms with van der Waals surface area (Å²) in [6, 6.07) is 0. The normalized spacial score (nSPS) is 9.92. The molecule has 0 unspecified atom stereocenters. The van der Waals surface area contributed by atoms with E-state index in [0.717, 1.165) is 6.42 Å². The van der Waals surface area contributed by atoms with E-state index in [4.69, 9.17) is 9.59 Å². The van der Waals surface area contributed by atoms with E-state index < -0.39 is 0 Å². The second-order valence-corrected chi connectivity index (χ2v) is 1.47. The Balaban J connectivity index is -0.0000000480. The van der Waals surface area contributed by atoms with Crippen LogP contribution in [0.3, 0.4) is 0 Å². The van der Waals surface area contributed by atoms with Crippen LogP contribution < -0.4 is 12.4 Å².